The van der Waals surface area contributed by atoms with Gasteiger partial charge in [0, 0.05) is 0 Å². The van der Waals surface area contributed by atoms with Gasteiger partial charge in [-0.05, 0) is 0 Å². The minimum absolute atomic E-state index is 1.22. The van der Waals surface area contributed by atoms with E-state index in [0.29, 0.717) is 0 Å². The fourth-order valence-corrected chi connectivity index (χ4v) is 27.1. The van der Waals surface area contributed by atoms with Crippen molar-refractivity contribution in [2.75, 3.05) is 0 Å². The summed E-state index contributed by atoms with van der Waals surface area (Å²) in [4.78, 5) is 0. The Kier molecular flexibility index (Phi) is 4.13. The zero-order chi connectivity index (χ0) is 12.9. The first-order valence-corrected chi connectivity index (χ1v) is 17.2. The van der Waals surface area contributed by atoms with Crippen LogP contribution in [0.2, 0.25) is 39.3 Å². The van der Waals surface area contributed by atoms with Gasteiger partial charge in [-0.25, -0.2) is 0 Å². The van der Waals surface area contributed by atoms with Crippen molar-refractivity contribution in [3.05, 3.63) is 19.1 Å². The monoisotopic (exact) mass is 334 g/mol. The molecule has 0 amide bonds. The number of halogens is 1. The zero-order valence-electron chi connectivity index (χ0n) is 11.8. The molecule has 1 rings (SSSR count). The molecule has 1 heterocycles. The molecule has 0 bridgehead atoms. The molecule has 0 N–H and O–H groups in total. The molecule has 16 heavy (non-hydrogen) atoms. The van der Waals surface area contributed by atoms with Crippen molar-refractivity contribution in [1.29, 1.82) is 0 Å². The Morgan fingerprint density at radius 3 is 1.12 bits per heavy atom. The van der Waals surface area contributed by atoms with Crippen LogP contribution in [0.3, 0.4) is 0 Å². The van der Waals surface area contributed by atoms with E-state index in [1.54, 1.807) is 19.1 Å². The van der Waals surface area contributed by atoms with E-state index in [-0.39, 0.29) is 0 Å². The molecular formula is C12H24AsClSi2. The van der Waals surface area contributed by atoms with Crippen LogP contribution in [0.5, 0.6) is 0 Å². The molecule has 1 aliphatic rings. The standard InChI is InChI=1S/C12H24AsClSi2/c1-9-10(2)12(16(6,7)8)13(14)11(9)15(3,4)5/h1-8H3. The van der Waals surface area contributed by atoms with Crippen LogP contribution < -0.4 is 0 Å². The average molecular weight is 335 g/mol. The van der Waals surface area contributed by atoms with Gasteiger partial charge in [-0.3, -0.25) is 0 Å². The molecule has 0 atom stereocenters. The summed E-state index contributed by atoms with van der Waals surface area (Å²) in [7, 11) is 4.46. The van der Waals surface area contributed by atoms with Crippen molar-refractivity contribution in [1.82, 2.24) is 0 Å². The number of hydrogen-bond donors (Lipinski definition) is 0. The summed E-state index contributed by atoms with van der Waals surface area (Å²) in [6, 6.07) is 0. The third kappa shape index (κ3) is 2.60. The van der Waals surface area contributed by atoms with E-state index < -0.39 is 29.9 Å². The molecule has 0 unspecified atom stereocenters. The molecule has 0 aliphatic carbocycles. The van der Waals surface area contributed by atoms with Crippen LogP contribution in [0, 0.1) is 0 Å². The van der Waals surface area contributed by atoms with Gasteiger partial charge < -0.3 is 0 Å². The summed E-state index contributed by atoms with van der Waals surface area (Å²) < 4.78 is 3.44. The van der Waals surface area contributed by atoms with Gasteiger partial charge in [-0.1, -0.05) is 0 Å². The Hall–Kier alpha value is 0.762. The molecule has 92 valence electrons. The normalized spacial score (nSPS) is 20.1. The molecule has 0 aromatic carbocycles. The Morgan fingerprint density at radius 1 is 0.750 bits per heavy atom. The topological polar surface area (TPSA) is 0 Å². The Labute approximate surface area is 112 Å². The Bertz CT molecular complexity index is 333. The first kappa shape index (κ1) is 14.8. The van der Waals surface area contributed by atoms with E-state index in [1.165, 1.54) is 0 Å². The van der Waals surface area contributed by atoms with E-state index in [2.05, 4.69) is 53.1 Å². The van der Waals surface area contributed by atoms with E-state index in [9.17, 15) is 0 Å². The molecule has 0 radical (unpaired) electrons. The maximum atomic E-state index is 6.90. The molecule has 0 saturated heterocycles. The van der Waals surface area contributed by atoms with E-state index >= 15 is 0 Å². The van der Waals surface area contributed by atoms with Gasteiger partial charge in [0.2, 0.25) is 0 Å². The fourth-order valence-electron chi connectivity index (χ4n) is 2.48. The summed E-state index contributed by atoms with van der Waals surface area (Å²) in [5.41, 5.74) is 3.12. The summed E-state index contributed by atoms with van der Waals surface area (Å²) in [5, 5.41) is 0. The van der Waals surface area contributed by atoms with Gasteiger partial charge in [0.15, 0.2) is 0 Å². The predicted molar refractivity (Wildman–Crippen MR) is 83.7 cm³/mol. The van der Waals surface area contributed by atoms with Gasteiger partial charge >= 0.3 is 112 Å². The average Bonchev–Trinajstić information content (AvgIpc) is 2.19. The minimum atomic E-state index is -1.36. The van der Waals surface area contributed by atoms with Gasteiger partial charge in [-0.15, -0.1) is 0 Å². The third-order valence-electron chi connectivity index (χ3n) is 3.09. The second-order valence-electron chi connectivity index (χ2n) is 6.73. The second-order valence-corrected chi connectivity index (χ2v) is 23.4. The van der Waals surface area contributed by atoms with Crippen LogP contribution in [0.15, 0.2) is 19.1 Å². The first-order chi connectivity index (χ1) is 6.98. The van der Waals surface area contributed by atoms with Gasteiger partial charge in [-0.2, -0.15) is 0 Å². The number of hydrogen-bond acceptors (Lipinski definition) is 0. The molecule has 0 spiro atoms. The van der Waals surface area contributed by atoms with Crippen LogP contribution >= 0.6 is 9.95 Å². The van der Waals surface area contributed by atoms with Crippen molar-refractivity contribution in [2.45, 2.75) is 53.1 Å². The zero-order valence-corrected chi connectivity index (χ0v) is 16.5. The van der Waals surface area contributed by atoms with Crippen LogP contribution in [0.1, 0.15) is 13.8 Å². The SMILES string of the molecule is CC1=C([Si](C)(C)C)[As](Cl)C([Si](C)(C)C)=C1C. The van der Waals surface area contributed by atoms with Crippen molar-refractivity contribution in [3.8, 4) is 0 Å². The number of rotatable bonds is 2. The summed E-state index contributed by atoms with van der Waals surface area (Å²) in [6.07, 6.45) is 0. The molecule has 1 aliphatic heterocycles. The van der Waals surface area contributed by atoms with Crippen LogP contribution in [-0.2, 0) is 0 Å². The Morgan fingerprint density at radius 2 is 1.00 bits per heavy atom. The van der Waals surface area contributed by atoms with E-state index in [0.717, 1.165) is 0 Å². The van der Waals surface area contributed by atoms with Crippen molar-refractivity contribution in [3.63, 3.8) is 0 Å². The summed E-state index contributed by atoms with van der Waals surface area (Å²) in [6.45, 7) is 19.3. The summed E-state index contributed by atoms with van der Waals surface area (Å²) >= 11 is -1.36. The molecule has 0 nitrogen and oxygen atoms in total. The quantitative estimate of drug-likeness (QED) is 0.642. The summed E-state index contributed by atoms with van der Waals surface area (Å²) in [5.74, 6) is 0. The van der Waals surface area contributed by atoms with E-state index in [1.807, 2.05) is 0 Å². The molecule has 0 fully saturated rings. The second kappa shape index (κ2) is 4.46. The maximum absolute atomic E-state index is 6.90. The van der Waals surface area contributed by atoms with Crippen LogP contribution in [0.4, 0.5) is 0 Å². The van der Waals surface area contributed by atoms with Crippen molar-refractivity contribution < 1.29 is 0 Å². The molecule has 0 aromatic rings. The number of allylic oxidation sites excluding steroid dienone is 2. The van der Waals surface area contributed by atoms with E-state index in [4.69, 9.17) is 9.95 Å². The van der Waals surface area contributed by atoms with Crippen molar-refractivity contribution in [2.24, 2.45) is 0 Å². The van der Waals surface area contributed by atoms with Crippen molar-refractivity contribution >= 4 is 39.8 Å². The first-order valence-electron chi connectivity index (χ1n) is 5.87. The Balaban J connectivity index is 3.29. The third-order valence-corrected chi connectivity index (χ3v) is 23.7. The van der Waals surface area contributed by atoms with Crippen LogP contribution in [-0.4, -0.2) is 29.9 Å². The van der Waals surface area contributed by atoms with Gasteiger partial charge in [0.1, 0.15) is 0 Å². The fraction of sp³-hybridized carbons (Fsp3) is 0.667. The predicted octanol–water partition coefficient (Wildman–Crippen LogP) is 4.70. The van der Waals surface area contributed by atoms with Crippen LogP contribution in [0.25, 0.3) is 0 Å². The molecule has 0 saturated carbocycles. The molecular weight excluding hydrogens is 311 g/mol. The molecule has 0 aromatic heterocycles. The van der Waals surface area contributed by atoms with Gasteiger partial charge in [0.25, 0.3) is 0 Å². The van der Waals surface area contributed by atoms with Gasteiger partial charge in [0.05, 0.1) is 0 Å². The molecule has 4 heteroatoms.